The van der Waals surface area contributed by atoms with Gasteiger partial charge in [-0.2, -0.15) is 0 Å². The third-order valence-corrected chi connectivity index (χ3v) is 3.24. The van der Waals surface area contributed by atoms with E-state index in [9.17, 15) is 4.79 Å². The first-order chi connectivity index (χ1) is 9.18. The Morgan fingerprint density at radius 2 is 1.68 bits per heavy atom. The van der Waals surface area contributed by atoms with Crippen LogP contribution in [0.1, 0.15) is 18.1 Å². The van der Waals surface area contributed by atoms with Crippen LogP contribution < -0.4 is 5.32 Å². The molecule has 0 spiro atoms. The van der Waals surface area contributed by atoms with Gasteiger partial charge < -0.3 is 5.32 Å². The van der Waals surface area contributed by atoms with Gasteiger partial charge in [0.2, 0.25) is 5.91 Å². The van der Waals surface area contributed by atoms with E-state index in [1.54, 1.807) is 13.0 Å². The Bertz CT molecular complexity index is 554. The van der Waals surface area contributed by atoms with Crippen molar-refractivity contribution in [1.29, 1.82) is 0 Å². The van der Waals surface area contributed by atoms with E-state index in [0.717, 1.165) is 11.1 Å². The van der Waals surface area contributed by atoms with Crippen molar-refractivity contribution in [2.75, 3.05) is 0 Å². The average Bonchev–Trinajstić information content (AvgIpc) is 2.45. The van der Waals surface area contributed by atoms with Crippen LogP contribution in [-0.4, -0.2) is 5.91 Å². The van der Waals surface area contributed by atoms with Gasteiger partial charge in [-0.1, -0.05) is 60.1 Å². The minimum absolute atomic E-state index is 0.100. The standard InChI is InChI=1S/C16H15ClNO/c1-12(14-9-5-6-10-15(14)17)16(19)18-11-13-7-3-2-4-8-13/h2-10H,11H2,1H3,(H,18,19). The molecule has 0 saturated carbocycles. The van der Waals surface area contributed by atoms with E-state index in [1.165, 1.54) is 0 Å². The summed E-state index contributed by atoms with van der Waals surface area (Å²) in [5.74, 6) is 0.526. The first kappa shape index (κ1) is 13.6. The molecule has 0 aliphatic carbocycles. The van der Waals surface area contributed by atoms with Crippen LogP contribution in [0.25, 0.3) is 0 Å². The first-order valence-electron chi connectivity index (χ1n) is 6.09. The molecule has 0 fully saturated rings. The summed E-state index contributed by atoms with van der Waals surface area (Å²) in [7, 11) is 0. The lowest BCUT2D eigenvalue weighted by atomic mass is 10.0. The molecule has 97 valence electrons. The van der Waals surface area contributed by atoms with Gasteiger partial charge in [-0.3, -0.25) is 4.79 Å². The molecule has 2 aromatic rings. The maximum absolute atomic E-state index is 12.1. The molecule has 1 N–H and O–H groups in total. The highest BCUT2D eigenvalue weighted by Gasteiger charge is 2.17. The number of rotatable bonds is 4. The van der Waals surface area contributed by atoms with Crippen molar-refractivity contribution < 1.29 is 4.79 Å². The summed E-state index contributed by atoms with van der Waals surface area (Å²) in [5, 5.41) is 3.48. The third-order valence-electron chi connectivity index (χ3n) is 2.91. The molecule has 0 atom stereocenters. The summed E-state index contributed by atoms with van der Waals surface area (Å²) in [6, 6.07) is 17.2. The molecule has 2 rings (SSSR count). The van der Waals surface area contributed by atoms with Crippen molar-refractivity contribution in [2.24, 2.45) is 0 Å². The van der Waals surface area contributed by atoms with Gasteiger partial charge in [0.15, 0.2) is 0 Å². The van der Waals surface area contributed by atoms with E-state index in [4.69, 9.17) is 11.6 Å². The second-order valence-corrected chi connectivity index (χ2v) is 4.68. The predicted octanol–water partition coefficient (Wildman–Crippen LogP) is 3.60. The van der Waals surface area contributed by atoms with E-state index in [2.05, 4.69) is 5.32 Å². The number of nitrogens with one attached hydrogen (secondary N) is 1. The summed E-state index contributed by atoms with van der Waals surface area (Å²) in [6.45, 7) is 2.29. The van der Waals surface area contributed by atoms with E-state index >= 15 is 0 Å². The molecule has 2 aromatic carbocycles. The maximum atomic E-state index is 12.1. The molecule has 0 heterocycles. The molecule has 3 heteroatoms. The van der Waals surface area contributed by atoms with Crippen molar-refractivity contribution in [3.63, 3.8) is 0 Å². The normalized spacial score (nSPS) is 10.5. The van der Waals surface area contributed by atoms with Gasteiger partial charge in [0.05, 0.1) is 5.92 Å². The Hall–Kier alpha value is -1.80. The molecular formula is C16H15ClNO. The SMILES string of the molecule is C[C](C(=O)NCc1ccccc1)c1ccccc1Cl. The molecule has 1 amide bonds. The zero-order valence-electron chi connectivity index (χ0n) is 10.7. The van der Waals surface area contributed by atoms with E-state index < -0.39 is 0 Å². The van der Waals surface area contributed by atoms with Gasteiger partial charge in [0.25, 0.3) is 0 Å². The monoisotopic (exact) mass is 272 g/mol. The fourth-order valence-corrected chi connectivity index (χ4v) is 2.08. The van der Waals surface area contributed by atoms with Crippen LogP contribution in [0.2, 0.25) is 5.02 Å². The molecule has 19 heavy (non-hydrogen) atoms. The fraction of sp³-hybridized carbons (Fsp3) is 0.125. The summed E-state index contributed by atoms with van der Waals surface area (Å²) in [4.78, 5) is 12.1. The van der Waals surface area contributed by atoms with Crippen LogP contribution in [0.15, 0.2) is 54.6 Å². The van der Waals surface area contributed by atoms with E-state index in [-0.39, 0.29) is 5.91 Å². The smallest absolute Gasteiger partial charge is 0.232 e. The lowest BCUT2D eigenvalue weighted by Gasteiger charge is -2.13. The van der Waals surface area contributed by atoms with Crippen LogP contribution in [-0.2, 0) is 11.3 Å². The number of hydrogen-bond donors (Lipinski definition) is 1. The first-order valence-corrected chi connectivity index (χ1v) is 6.47. The third kappa shape index (κ3) is 3.58. The summed E-state index contributed by atoms with van der Waals surface area (Å²) >= 11 is 6.08. The molecule has 0 saturated heterocycles. The Labute approximate surface area is 118 Å². The van der Waals surface area contributed by atoms with E-state index in [1.807, 2.05) is 48.5 Å². The Morgan fingerprint density at radius 1 is 1.05 bits per heavy atom. The zero-order valence-corrected chi connectivity index (χ0v) is 11.4. The number of amides is 1. The molecule has 0 bridgehead atoms. The van der Waals surface area contributed by atoms with Gasteiger partial charge in [0.1, 0.15) is 0 Å². The number of benzene rings is 2. The second-order valence-electron chi connectivity index (χ2n) is 4.27. The Morgan fingerprint density at radius 3 is 2.37 bits per heavy atom. The maximum Gasteiger partial charge on any atom is 0.232 e. The van der Waals surface area contributed by atoms with Gasteiger partial charge in [-0.15, -0.1) is 0 Å². The largest absolute Gasteiger partial charge is 0.351 e. The van der Waals surface area contributed by atoms with Crippen molar-refractivity contribution in [2.45, 2.75) is 13.5 Å². The summed E-state index contributed by atoms with van der Waals surface area (Å²) < 4.78 is 0. The minimum Gasteiger partial charge on any atom is -0.351 e. The van der Waals surface area contributed by atoms with Crippen LogP contribution in [0.3, 0.4) is 0 Å². The van der Waals surface area contributed by atoms with Crippen molar-refractivity contribution in [3.8, 4) is 0 Å². The lowest BCUT2D eigenvalue weighted by molar-refractivity contribution is -0.119. The van der Waals surface area contributed by atoms with Crippen LogP contribution >= 0.6 is 11.6 Å². The Balaban J connectivity index is 1.99. The quantitative estimate of drug-likeness (QED) is 0.905. The minimum atomic E-state index is -0.100. The molecule has 0 aliphatic heterocycles. The number of hydrogen-bond acceptors (Lipinski definition) is 1. The predicted molar refractivity (Wildman–Crippen MR) is 77.8 cm³/mol. The summed E-state index contributed by atoms with van der Waals surface area (Å²) in [5.41, 5.74) is 1.84. The fourth-order valence-electron chi connectivity index (χ4n) is 1.80. The average molecular weight is 273 g/mol. The molecule has 2 nitrogen and oxygen atoms in total. The van der Waals surface area contributed by atoms with E-state index in [0.29, 0.717) is 17.5 Å². The van der Waals surface area contributed by atoms with Gasteiger partial charge in [-0.05, 0) is 24.1 Å². The Kier molecular flexibility index (Phi) is 4.58. The van der Waals surface area contributed by atoms with Gasteiger partial charge in [0, 0.05) is 11.6 Å². The highest BCUT2D eigenvalue weighted by Crippen LogP contribution is 2.23. The van der Waals surface area contributed by atoms with Crippen LogP contribution in [0, 0.1) is 5.92 Å². The molecular weight excluding hydrogens is 258 g/mol. The number of halogens is 1. The van der Waals surface area contributed by atoms with Crippen LogP contribution in [0.5, 0.6) is 0 Å². The van der Waals surface area contributed by atoms with Crippen molar-refractivity contribution in [1.82, 2.24) is 5.32 Å². The van der Waals surface area contributed by atoms with Gasteiger partial charge in [-0.25, -0.2) is 0 Å². The zero-order chi connectivity index (χ0) is 13.7. The molecule has 0 aliphatic rings. The summed E-state index contributed by atoms with van der Waals surface area (Å²) in [6.07, 6.45) is 0. The highest BCUT2D eigenvalue weighted by molar-refractivity contribution is 6.32. The second kappa shape index (κ2) is 6.39. The molecule has 1 radical (unpaired) electrons. The molecule has 0 unspecified atom stereocenters. The number of carbonyl (C=O) groups excluding carboxylic acids is 1. The lowest BCUT2D eigenvalue weighted by Crippen LogP contribution is -2.28. The van der Waals surface area contributed by atoms with Crippen molar-refractivity contribution >= 4 is 17.5 Å². The van der Waals surface area contributed by atoms with Crippen LogP contribution in [0.4, 0.5) is 0 Å². The highest BCUT2D eigenvalue weighted by atomic mass is 35.5. The van der Waals surface area contributed by atoms with Gasteiger partial charge >= 0.3 is 0 Å². The topological polar surface area (TPSA) is 29.1 Å². The molecule has 0 aromatic heterocycles. The van der Waals surface area contributed by atoms with Crippen molar-refractivity contribution in [3.05, 3.63) is 76.7 Å². The number of carbonyl (C=O) groups is 1.